The molecule has 0 N–H and O–H groups in total. The maximum atomic E-state index is 12.0. The lowest BCUT2D eigenvalue weighted by Crippen LogP contribution is -2.39. The number of carbonyl (C=O) groups is 1. The van der Waals surface area contributed by atoms with Crippen LogP contribution < -0.4 is 4.90 Å². The van der Waals surface area contributed by atoms with Gasteiger partial charge in [-0.3, -0.25) is 9.78 Å². The van der Waals surface area contributed by atoms with Crippen LogP contribution in [0.2, 0.25) is 0 Å². The Morgan fingerprint density at radius 3 is 2.67 bits per heavy atom. The molecule has 0 saturated carbocycles. The van der Waals surface area contributed by atoms with Crippen molar-refractivity contribution in [1.82, 2.24) is 9.97 Å². The van der Waals surface area contributed by atoms with E-state index in [0.29, 0.717) is 24.5 Å². The van der Waals surface area contributed by atoms with Crippen LogP contribution in [0, 0.1) is 31.1 Å². The summed E-state index contributed by atoms with van der Waals surface area (Å²) in [5.41, 5.74) is 4.54. The van der Waals surface area contributed by atoms with Crippen molar-refractivity contribution in [2.75, 3.05) is 24.6 Å². The maximum Gasteiger partial charge on any atom is 0.310 e. The SMILES string of the molecule is CCOC(=O)[C@H]1CCCN(c2ccc(-c3nc(C#N)c(C)nc3C)cc2)C1. The number of aromatic nitrogens is 2. The van der Waals surface area contributed by atoms with E-state index in [9.17, 15) is 10.1 Å². The summed E-state index contributed by atoms with van der Waals surface area (Å²) in [5, 5.41) is 9.21. The number of nitrogens with zero attached hydrogens (tertiary/aromatic N) is 4. The van der Waals surface area contributed by atoms with Gasteiger partial charge in [0.1, 0.15) is 6.07 Å². The summed E-state index contributed by atoms with van der Waals surface area (Å²) in [7, 11) is 0. The van der Waals surface area contributed by atoms with Gasteiger partial charge in [-0.1, -0.05) is 12.1 Å². The van der Waals surface area contributed by atoms with Gasteiger partial charge in [-0.05, 0) is 45.7 Å². The summed E-state index contributed by atoms with van der Waals surface area (Å²) in [6.07, 6.45) is 1.85. The zero-order valence-corrected chi connectivity index (χ0v) is 16.0. The summed E-state index contributed by atoms with van der Waals surface area (Å²) in [6.45, 7) is 7.56. The lowest BCUT2D eigenvalue weighted by atomic mass is 9.97. The first kappa shape index (κ1) is 18.8. The lowest BCUT2D eigenvalue weighted by Gasteiger charge is -2.33. The highest BCUT2D eigenvalue weighted by molar-refractivity contribution is 5.74. The van der Waals surface area contributed by atoms with E-state index >= 15 is 0 Å². The van der Waals surface area contributed by atoms with E-state index in [1.807, 2.05) is 38.1 Å². The van der Waals surface area contributed by atoms with Crippen molar-refractivity contribution in [2.45, 2.75) is 33.6 Å². The third kappa shape index (κ3) is 4.08. The van der Waals surface area contributed by atoms with Crippen LogP contribution in [0.25, 0.3) is 11.3 Å². The quantitative estimate of drug-likeness (QED) is 0.774. The Hall–Kier alpha value is -2.94. The molecule has 1 aliphatic heterocycles. The van der Waals surface area contributed by atoms with Crippen LogP contribution >= 0.6 is 0 Å². The number of benzene rings is 1. The van der Waals surface area contributed by atoms with Crippen LogP contribution in [-0.4, -0.2) is 35.6 Å². The Morgan fingerprint density at radius 1 is 1.26 bits per heavy atom. The zero-order chi connectivity index (χ0) is 19.4. The van der Waals surface area contributed by atoms with Crippen molar-refractivity contribution >= 4 is 11.7 Å². The average molecular weight is 364 g/mol. The van der Waals surface area contributed by atoms with Crippen LogP contribution in [0.15, 0.2) is 24.3 Å². The molecule has 0 spiro atoms. The number of nitriles is 1. The van der Waals surface area contributed by atoms with E-state index in [0.717, 1.165) is 42.0 Å². The molecule has 2 aromatic rings. The number of hydrogen-bond acceptors (Lipinski definition) is 6. The van der Waals surface area contributed by atoms with Gasteiger partial charge in [-0.2, -0.15) is 5.26 Å². The fourth-order valence-electron chi connectivity index (χ4n) is 3.50. The molecule has 0 unspecified atom stereocenters. The Balaban J connectivity index is 1.80. The molecule has 1 aromatic carbocycles. The van der Waals surface area contributed by atoms with E-state index in [1.165, 1.54) is 0 Å². The van der Waals surface area contributed by atoms with Gasteiger partial charge < -0.3 is 9.64 Å². The van der Waals surface area contributed by atoms with Crippen LogP contribution in [0.4, 0.5) is 5.69 Å². The summed E-state index contributed by atoms with van der Waals surface area (Å²) < 4.78 is 5.18. The Bertz CT molecular complexity index is 871. The molecule has 6 heteroatoms. The third-order valence-corrected chi connectivity index (χ3v) is 4.90. The molecule has 0 bridgehead atoms. The number of carbonyl (C=O) groups excluding carboxylic acids is 1. The third-order valence-electron chi connectivity index (χ3n) is 4.90. The average Bonchev–Trinajstić information content (AvgIpc) is 2.69. The summed E-state index contributed by atoms with van der Waals surface area (Å²) in [6, 6.07) is 10.2. The van der Waals surface area contributed by atoms with Crippen molar-refractivity contribution in [1.29, 1.82) is 5.26 Å². The Labute approximate surface area is 159 Å². The van der Waals surface area contributed by atoms with Gasteiger partial charge in [0.05, 0.1) is 29.6 Å². The number of rotatable bonds is 4. The van der Waals surface area contributed by atoms with Crippen LogP contribution in [0.1, 0.15) is 36.8 Å². The molecule has 0 radical (unpaired) electrons. The van der Waals surface area contributed by atoms with E-state index in [1.54, 1.807) is 6.92 Å². The highest BCUT2D eigenvalue weighted by Crippen LogP contribution is 2.27. The summed E-state index contributed by atoms with van der Waals surface area (Å²) in [5.74, 6) is -0.171. The highest BCUT2D eigenvalue weighted by Gasteiger charge is 2.27. The van der Waals surface area contributed by atoms with Gasteiger partial charge in [0.15, 0.2) is 5.69 Å². The van der Waals surface area contributed by atoms with Crippen molar-refractivity contribution in [2.24, 2.45) is 5.92 Å². The molecule has 1 aliphatic rings. The topological polar surface area (TPSA) is 79.1 Å². The standard InChI is InChI=1S/C21H24N4O2/c1-4-27-21(26)17-6-5-11-25(13-17)18-9-7-16(8-10-18)20-15(3)23-14(2)19(12-22)24-20/h7-10,17H,4-6,11,13H2,1-3H3/t17-/m0/s1. The molecule has 1 fully saturated rings. The molecule has 140 valence electrons. The second kappa shape index (κ2) is 8.17. The molecule has 27 heavy (non-hydrogen) atoms. The van der Waals surface area contributed by atoms with Crippen LogP contribution in [0.5, 0.6) is 0 Å². The summed E-state index contributed by atoms with van der Waals surface area (Å²) >= 11 is 0. The molecule has 3 rings (SSSR count). The zero-order valence-electron chi connectivity index (χ0n) is 16.0. The largest absolute Gasteiger partial charge is 0.466 e. The second-order valence-corrected chi connectivity index (χ2v) is 6.79. The van der Waals surface area contributed by atoms with Gasteiger partial charge in [0.25, 0.3) is 0 Å². The monoisotopic (exact) mass is 364 g/mol. The predicted molar refractivity (Wildman–Crippen MR) is 103 cm³/mol. The number of esters is 1. The number of aryl methyl sites for hydroxylation is 2. The molecular formula is C21H24N4O2. The minimum absolute atomic E-state index is 0.0678. The van der Waals surface area contributed by atoms with Crippen molar-refractivity contribution in [3.8, 4) is 17.3 Å². The molecule has 6 nitrogen and oxygen atoms in total. The molecule has 0 aliphatic carbocycles. The fraction of sp³-hybridized carbons (Fsp3) is 0.429. The van der Waals surface area contributed by atoms with Gasteiger partial charge in [0, 0.05) is 24.3 Å². The number of piperidine rings is 1. The second-order valence-electron chi connectivity index (χ2n) is 6.79. The van der Waals surface area contributed by atoms with Crippen LogP contribution in [-0.2, 0) is 9.53 Å². The molecule has 1 aromatic heterocycles. The number of anilines is 1. The predicted octanol–water partition coefficient (Wildman–Crippen LogP) is 3.41. The Morgan fingerprint density at radius 2 is 2.00 bits per heavy atom. The van der Waals surface area contributed by atoms with Crippen LogP contribution in [0.3, 0.4) is 0 Å². The molecule has 1 saturated heterocycles. The van der Waals surface area contributed by atoms with E-state index in [2.05, 4.69) is 20.9 Å². The van der Waals surface area contributed by atoms with Gasteiger partial charge >= 0.3 is 5.97 Å². The van der Waals surface area contributed by atoms with E-state index < -0.39 is 0 Å². The first-order valence-electron chi connectivity index (χ1n) is 9.30. The number of ether oxygens (including phenoxy) is 1. The van der Waals surface area contributed by atoms with Crippen molar-refractivity contribution in [3.63, 3.8) is 0 Å². The Kier molecular flexibility index (Phi) is 5.70. The molecule has 0 amide bonds. The van der Waals surface area contributed by atoms with E-state index in [4.69, 9.17) is 4.74 Å². The first-order chi connectivity index (χ1) is 13.0. The van der Waals surface area contributed by atoms with Crippen molar-refractivity contribution in [3.05, 3.63) is 41.3 Å². The van der Waals surface area contributed by atoms with Gasteiger partial charge in [-0.25, -0.2) is 4.98 Å². The molecular weight excluding hydrogens is 340 g/mol. The van der Waals surface area contributed by atoms with Gasteiger partial charge in [0.2, 0.25) is 0 Å². The smallest absolute Gasteiger partial charge is 0.310 e. The van der Waals surface area contributed by atoms with E-state index in [-0.39, 0.29) is 11.9 Å². The lowest BCUT2D eigenvalue weighted by molar-refractivity contribution is -0.148. The minimum Gasteiger partial charge on any atom is -0.466 e. The maximum absolute atomic E-state index is 12.0. The first-order valence-corrected chi connectivity index (χ1v) is 9.30. The molecule has 1 atom stereocenters. The van der Waals surface area contributed by atoms with Crippen molar-refractivity contribution < 1.29 is 9.53 Å². The molecule has 2 heterocycles. The normalized spacial score (nSPS) is 16.7. The number of hydrogen-bond donors (Lipinski definition) is 0. The van der Waals surface area contributed by atoms with Gasteiger partial charge in [-0.15, -0.1) is 0 Å². The fourth-order valence-corrected chi connectivity index (χ4v) is 3.50. The highest BCUT2D eigenvalue weighted by atomic mass is 16.5. The minimum atomic E-state index is -0.103. The summed E-state index contributed by atoms with van der Waals surface area (Å²) in [4.78, 5) is 23.2.